The standard InChI is InChI=1S/C8H10N6O3S/c1-5-11-8(17-13-5)14-18(15,16)7-4-10-3-2-6(7)12-9/h2-4H,9H2,1H3,(H,10,12)(H,11,13,14). The number of anilines is 2. The fraction of sp³-hybridized carbons (Fsp3) is 0.125. The number of rotatable bonds is 4. The van der Waals surface area contributed by atoms with Gasteiger partial charge in [0.15, 0.2) is 5.82 Å². The van der Waals surface area contributed by atoms with E-state index in [1.807, 2.05) is 0 Å². The molecule has 0 atom stereocenters. The molecule has 9 nitrogen and oxygen atoms in total. The minimum Gasteiger partial charge on any atom is -0.323 e. The maximum absolute atomic E-state index is 12.0. The van der Waals surface area contributed by atoms with Crippen LogP contribution in [0.3, 0.4) is 0 Å². The highest BCUT2D eigenvalue weighted by Gasteiger charge is 2.21. The molecule has 0 unspecified atom stereocenters. The summed E-state index contributed by atoms with van der Waals surface area (Å²) < 4.78 is 30.8. The summed E-state index contributed by atoms with van der Waals surface area (Å²) in [6.07, 6.45) is 2.56. The first-order valence-electron chi connectivity index (χ1n) is 4.76. The van der Waals surface area contributed by atoms with Crippen LogP contribution in [0.25, 0.3) is 0 Å². The van der Waals surface area contributed by atoms with E-state index in [1.165, 1.54) is 12.3 Å². The van der Waals surface area contributed by atoms with Crippen LogP contribution < -0.4 is 16.0 Å². The molecule has 18 heavy (non-hydrogen) atoms. The summed E-state index contributed by atoms with van der Waals surface area (Å²) in [5.74, 6) is 5.54. The molecule has 0 aliphatic carbocycles. The van der Waals surface area contributed by atoms with Gasteiger partial charge in [-0.15, -0.1) is 0 Å². The smallest absolute Gasteiger partial charge is 0.323 e. The average molecular weight is 270 g/mol. The van der Waals surface area contributed by atoms with Gasteiger partial charge in [-0.25, -0.2) is 13.1 Å². The number of pyridine rings is 1. The van der Waals surface area contributed by atoms with Crippen LogP contribution >= 0.6 is 0 Å². The third-order valence-electron chi connectivity index (χ3n) is 1.98. The van der Waals surface area contributed by atoms with Gasteiger partial charge in [0, 0.05) is 12.4 Å². The van der Waals surface area contributed by atoms with Crippen molar-refractivity contribution < 1.29 is 12.9 Å². The number of sulfonamides is 1. The zero-order valence-electron chi connectivity index (χ0n) is 9.28. The van der Waals surface area contributed by atoms with E-state index in [4.69, 9.17) is 5.84 Å². The second-order valence-electron chi connectivity index (χ2n) is 3.27. The van der Waals surface area contributed by atoms with Gasteiger partial charge >= 0.3 is 6.01 Å². The molecular weight excluding hydrogens is 260 g/mol. The van der Waals surface area contributed by atoms with Crippen LogP contribution in [0.2, 0.25) is 0 Å². The Morgan fingerprint density at radius 3 is 2.83 bits per heavy atom. The van der Waals surface area contributed by atoms with E-state index in [0.717, 1.165) is 6.20 Å². The molecule has 0 saturated carbocycles. The summed E-state index contributed by atoms with van der Waals surface area (Å²) in [5, 5.41) is 3.47. The highest BCUT2D eigenvalue weighted by molar-refractivity contribution is 7.92. The molecule has 0 spiro atoms. The predicted molar refractivity (Wildman–Crippen MR) is 61.9 cm³/mol. The number of nitrogens with two attached hydrogens (primary N) is 1. The molecule has 4 N–H and O–H groups in total. The van der Waals surface area contributed by atoms with Gasteiger partial charge in [-0.05, 0) is 13.0 Å². The summed E-state index contributed by atoms with van der Waals surface area (Å²) in [7, 11) is -3.89. The van der Waals surface area contributed by atoms with Crippen molar-refractivity contribution in [3.8, 4) is 0 Å². The Labute approximate surface area is 102 Å². The normalized spacial score (nSPS) is 11.2. The van der Waals surface area contributed by atoms with Crippen molar-refractivity contribution in [1.29, 1.82) is 0 Å². The van der Waals surface area contributed by atoms with Crippen molar-refractivity contribution in [3.05, 3.63) is 24.3 Å². The second-order valence-corrected chi connectivity index (χ2v) is 4.92. The van der Waals surface area contributed by atoms with E-state index in [2.05, 4.69) is 29.8 Å². The maximum Gasteiger partial charge on any atom is 0.335 e. The molecule has 2 aromatic heterocycles. The Hall–Kier alpha value is -2.20. The Bertz CT molecular complexity index is 652. The van der Waals surface area contributed by atoms with Crippen molar-refractivity contribution in [2.75, 3.05) is 10.1 Å². The first kappa shape index (κ1) is 12.3. The van der Waals surface area contributed by atoms with Crippen molar-refractivity contribution in [2.24, 2.45) is 5.84 Å². The molecule has 0 aliphatic heterocycles. The summed E-state index contributed by atoms with van der Waals surface area (Å²) >= 11 is 0. The first-order chi connectivity index (χ1) is 8.53. The van der Waals surface area contributed by atoms with Crippen LogP contribution in [0.4, 0.5) is 11.7 Å². The molecule has 0 saturated heterocycles. The van der Waals surface area contributed by atoms with Crippen molar-refractivity contribution >= 4 is 21.7 Å². The largest absolute Gasteiger partial charge is 0.335 e. The molecule has 0 bridgehead atoms. The van der Waals surface area contributed by atoms with Crippen LogP contribution in [0.5, 0.6) is 0 Å². The van der Waals surface area contributed by atoms with Gasteiger partial charge in [-0.2, -0.15) is 4.98 Å². The minimum atomic E-state index is -3.89. The topological polar surface area (TPSA) is 136 Å². The van der Waals surface area contributed by atoms with E-state index < -0.39 is 10.0 Å². The number of hydrogen-bond donors (Lipinski definition) is 3. The SMILES string of the molecule is Cc1noc(NS(=O)(=O)c2cnccc2NN)n1. The van der Waals surface area contributed by atoms with Gasteiger partial charge in [-0.3, -0.25) is 10.8 Å². The predicted octanol–water partition coefficient (Wildman–Crippen LogP) is -0.141. The Balaban J connectivity index is 2.36. The van der Waals surface area contributed by atoms with Gasteiger partial charge in [-0.1, -0.05) is 5.16 Å². The number of aryl methyl sites for hydroxylation is 1. The third kappa shape index (κ3) is 2.38. The lowest BCUT2D eigenvalue weighted by Gasteiger charge is -2.08. The Kier molecular flexibility index (Phi) is 3.12. The van der Waals surface area contributed by atoms with Crippen LogP contribution in [-0.4, -0.2) is 23.5 Å². The summed E-state index contributed by atoms with van der Waals surface area (Å²) in [5.41, 5.74) is 2.47. The zero-order chi connectivity index (χ0) is 13.2. The lowest BCUT2D eigenvalue weighted by Crippen LogP contribution is -2.18. The number of hydrazine groups is 1. The third-order valence-corrected chi connectivity index (χ3v) is 3.33. The van der Waals surface area contributed by atoms with Gasteiger partial charge in [0.1, 0.15) is 4.90 Å². The molecule has 0 amide bonds. The molecule has 0 fully saturated rings. The van der Waals surface area contributed by atoms with Crippen LogP contribution in [-0.2, 0) is 10.0 Å². The lowest BCUT2D eigenvalue weighted by atomic mass is 10.4. The van der Waals surface area contributed by atoms with Gasteiger partial charge < -0.3 is 9.95 Å². The number of nitrogens with zero attached hydrogens (tertiary/aromatic N) is 3. The molecule has 2 heterocycles. The Morgan fingerprint density at radius 2 is 2.22 bits per heavy atom. The number of nitrogen functional groups attached to an aromatic ring is 1. The highest BCUT2D eigenvalue weighted by Crippen LogP contribution is 2.20. The van der Waals surface area contributed by atoms with Crippen molar-refractivity contribution in [1.82, 2.24) is 15.1 Å². The molecule has 10 heteroatoms. The highest BCUT2D eigenvalue weighted by atomic mass is 32.2. The van der Waals surface area contributed by atoms with Gasteiger partial charge in [0.05, 0.1) is 5.69 Å². The average Bonchev–Trinajstić information content (AvgIpc) is 2.74. The molecule has 0 radical (unpaired) electrons. The molecule has 96 valence electrons. The molecular formula is C8H10N6O3S. The molecule has 0 aromatic carbocycles. The summed E-state index contributed by atoms with van der Waals surface area (Å²) in [6, 6.07) is 1.20. The quantitative estimate of drug-likeness (QED) is 0.515. The van der Waals surface area contributed by atoms with Crippen LogP contribution in [0.15, 0.2) is 27.9 Å². The van der Waals surface area contributed by atoms with E-state index in [1.54, 1.807) is 6.92 Å². The monoisotopic (exact) mass is 270 g/mol. The second kappa shape index (κ2) is 4.58. The fourth-order valence-electron chi connectivity index (χ4n) is 1.22. The number of aromatic nitrogens is 3. The van der Waals surface area contributed by atoms with Crippen molar-refractivity contribution in [2.45, 2.75) is 11.8 Å². The van der Waals surface area contributed by atoms with Gasteiger partial charge in [0.25, 0.3) is 10.0 Å². The van der Waals surface area contributed by atoms with E-state index in [0.29, 0.717) is 5.82 Å². The van der Waals surface area contributed by atoms with Crippen LogP contribution in [0.1, 0.15) is 5.82 Å². The van der Waals surface area contributed by atoms with E-state index in [9.17, 15) is 8.42 Å². The zero-order valence-corrected chi connectivity index (χ0v) is 10.1. The maximum atomic E-state index is 12.0. The summed E-state index contributed by atoms with van der Waals surface area (Å²) in [4.78, 5) is 7.34. The van der Waals surface area contributed by atoms with Gasteiger partial charge in [0.2, 0.25) is 0 Å². The fourth-order valence-corrected chi connectivity index (χ4v) is 2.26. The van der Waals surface area contributed by atoms with Crippen LogP contribution in [0, 0.1) is 6.92 Å². The number of nitrogens with one attached hydrogen (secondary N) is 2. The molecule has 2 aromatic rings. The molecule has 2 rings (SSSR count). The number of hydrogen-bond acceptors (Lipinski definition) is 8. The van der Waals surface area contributed by atoms with E-state index >= 15 is 0 Å². The first-order valence-corrected chi connectivity index (χ1v) is 6.25. The summed E-state index contributed by atoms with van der Waals surface area (Å²) in [6.45, 7) is 1.57. The molecule has 0 aliphatic rings. The Morgan fingerprint density at radius 1 is 1.44 bits per heavy atom. The lowest BCUT2D eigenvalue weighted by molar-refractivity contribution is 0.429. The van der Waals surface area contributed by atoms with E-state index in [-0.39, 0.29) is 16.6 Å². The minimum absolute atomic E-state index is 0.122. The van der Waals surface area contributed by atoms with Crippen molar-refractivity contribution in [3.63, 3.8) is 0 Å².